The highest BCUT2D eigenvalue weighted by Crippen LogP contribution is 2.41. The Labute approximate surface area is 94.4 Å². The van der Waals surface area contributed by atoms with Gasteiger partial charge < -0.3 is 4.74 Å². The molecule has 0 N–H and O–H groups in total. The van der Waals surface area contributed by atoms with Crippen LogP contribution in [-0.2, 0) is 16.9 Å². The molecule has 1 nitrogen and oxygen atoms in total. The average molecular weight is 226 g/mol. The molecule has 0 radical (unpaired) electrons. The molecule has 0 bridgehead atoms. The quantitative estimate of drug-likeness (QED) is 0.760. The van der Waals surface area contributed by atoms with E-state index in [4.69, 9.17) is 4.74 Å². The highest BCUT2D eigenvalue weighted by Gasteiger charge is 2.37. The largest absolute Gasteiger partial charge is 0.366 e. The van der Waals surface area contributed by atoms with Gasteiger partial charge in [-0.25, -0.2) is 8.78 Å². The van der Waals surface area contributed by atoms with Crippen molar-refractivity contribution in [3.8, 4) is 0 Å². The van der Waals surface area contributed by atoms with Gasteiger partial charge in [0.15, 0.2) is 0 Å². The van der Waals surface area contributed by atoms with Gasteiger partial charge in [-0.1, -0.05) is 24.3 Å². The molecule has 1 atom stereocenters. The van der Waals surface area contributed by atoms with E-state index in [1.807, 2.05) is 31.2 Å². The van der Waals surface area contributed by atoms with Crippen molar-refractivity contribution in [1.29, 1.82) is 0 Å². The number of rotatable bonds is 3. The van der Waals surface area contributed by atoms with Crippen molar-refractivity contribution in [3.63, 3.8) is 0 Å². The maximum atomic E-state index is 12.9. The molecule has 0 amide bonds. The van der Waals surface area contributed by atoms with Gasteiger partial charge in [-0.2, -0.15) is 0 Å². The lowest BCUT2D eigenvalue weighted by Gasteiger charge is -2.26. The van der Waals surface area contributed by atoms with Gasteiger partial charge in [-0.05, 0) is 31.4 Å². The molecular formula is C13H16F2O. The third kappa shape index (κ3) is 2.24. The van der Waals surface area contributed by atoms with Crippen LogP contribution in [0.15, 0.2) is 24.3 Å². The number of benzene rings is 1. The van der Waals surface area contributed by atoms with Crippen molar-refractivity contribution < 1.29 is 13.5 Å². The molecule has 2 rings (SSSR count). The van der Waals surface area contributed by atoms with Crippen LogP contribution in [0.1, 0.15) is 37.8 Å². The number of hydrogen-bond donors (Lipinski definition) is 0. The normalized spacial score (nSPS) is 24.5. The van der Waals surface area contributed by atoms with Gasteiger partial charge in [0.25, 0.3) is 0 Å². The first-order valence-corrected chi connectivity index (χ1v) is 5.51. The molecular weight excluding hydrogens is 210 g/mol. The minimum Gasteiger partial charge on any atom is -0.366 e. The van der Waals surface area contributed by atoms with Crippen LogP contribution in [0.25, 0.3) is 0 Å². The Morgan fingerprint density at radius 3 is 2.75 bits per heavy atom. The summed E-state index contributed by atoms with van der Waals surface area (Å²) >= 11 is 0. The summed E-state index contributed by atoms with van der Waals surface area (Å²) in [5.41, 5.74) is 1.62. The van der Waals surface area contributed by atoms with Crippen LogP contribution in [0.3, 0.4) is 0 Å². The topological polar surface area (TPSA) is 9.23 Å². The SMILES string of the molecule is CC(F)(F)CCC1(C)OCc2ccccc21. The second-order valence-electron chi connectivity index (χ2n) is 4.75. The van der Waals surface area contributed by atoms with Crippen molar-refractivity contribution in [2.45, 2.75) is 44.8 Å². The van der Waals surface area contributed by atoms with Crippen molar-refractivity contribution in [1.82, 2.24) is 0 Å². The molecule has 0 fully saturated rings. The van der Waals surface area contributed by atoms with E-state index in [0.717, 1.165) is 18.1 Å². The molecule has 16 heavy (non-hydrogen) atoms. The summed E-state index contributed by atoms with van der Waals surface area (Å²) in [6.45, 7) is 3.38. The fourth-order valence-electron chi connectivity index (χ4n) is 2.14. The summed E-state index contributed by atoms with van der Waals surface area (Å²) in [6, 6.07) is 7.83. The standard InChI is InChI=1S/C13H16F2O/c1-12(7-8-13(2,14)15)11-6-4-3-5-10(11)9-16-12/h3-6H,7-9H2,1-2H3. The Bertz CT molecular complexity index is 384. The Hall–Kier alpha value is -0.960. The van der Waals surface area contributed by atoms with Crippen LogP contribution < -0.4 is 0 Å². The smallest absolute Gasteiger partial charge is 0.245 e. The summed E-state index contributed by atoms with van der Waals surface area (Å²) in [5, 5.41) is 0. The first kappa shape index (κ1) is 11.5. The van der Waals surface area contributed by atoms with Crippen LogP contribution in [0, 0.1) is 0 Å². The summed E-state index contributed by atoms with van der Waals surface area (Å²) in [5.74, 6) is -2.62. The molecule has 1 aromatic rings. The minimum absolute atomic E-state index is 0.141. The average Bonchev–Trinajstić information content (AvgIpc) is 2.55. The maximum absolute atomic E-state index is 12.9. The summed E-state index contributed by atoms with van der Waals surface area (Å²) in [6.07, 6.45) is 0.214. The third-order valence-corrected chi connectivity index (χ3v) is 3.17. The van der Waals surface area contributed by atoms with E-state index >= 15 is 0 Å². The lowest BCUT2D eigenvalue weighted by molar-refractivity contribution is -0.0612. The van der Waals surface area contributed by atoms with E-state index in [1.165, 1.54) is 0 Å². The van der Waals surface area contributed by atoms with E-state index in [1.54, 1.807) is 0 Å². The van der Waals surface area contributed by atoms with Gasteiger partial charge in [0, 0.05) is 6.42 Å². The van der Waals surface area contributed by atoms with Crippen molar-refractivity contribution in [3.05, 3.63) is 35.4 Å². The van der Waals surface area contributed by atoms with Crippen LogP contribution in [0.4, 0.5) is 8.78 Å². The van der Waals surface area contributed by atoms with Gasteiger partial charge in [-0.3, -0.25) is 0 Å². The minimum atomic E-state index is -2.62. The molecule has 1 heterocycles. The number of fused-ring (bicyclic) bond motifs is 1. The van der Waals surface area contributed by atoms with Gasteiger partial charge >= 0.3 is 0 Å². The second-order valence-corrected chi connectivity index (χ2v) is 4.75. The zero-order chi connectivity index (χ0) is 11.8. The van der Waals surface area contributed by atoms with Crippen molar-refractivity contribution >= 4 is 0 Å². The predicted molar refractivity (Wildman–Crippen MR) is 58.4 cm³/mol. The molecule has 0 aromatic heterocycles. The number of alkyl halides is 2. The lowest BCUT2D eigenvalue weighted by Crippen LogP contribution is -2.24. The van der Waals surface area contributed by atoms with Crippen LogP contribution in [0.2, 0.25) is 0 Å². The molecule has 1 aliphatic heterocycles. The number of halogens is 2. The highest BCUT2D eigenvalue weighted by atomic mass is 19.3. The van der Waals surface area contributed by atoms with Gasteiger partial charge in [0.1, 0.15) is 0 Å². The fourth-order valence-corrected chi connectivity index (χ4v) is 2.14. The zero-order valence-corrected chi connectivity index (χ0v) is 9.59. The lowest BCUT2D eigenvalue weighted by atomic mass is 9.89. The Balaban J connectivity index is 2.16. The molecule has 88 valence electrons. The van der Waals surface area contributed by atoms with Gasteiger partial charge in [-0.15, -0.1) is 0 Å². The van der Waals surface area contributed by atoms with Crippen LogP contribution in [-0.4, -0.2) is 5.92 Å². The van der Waals surface area contributed by atoms with E-state index in [9.17, 15) is 8.78 Å². The first-order valence-electron chi connectivity index (χ1n) is 5.51. The van der Waals surface area contributed by atoms with E-state index < -0.39 is 11.5 Å². The third-order valence-electron chi connectivity index (χ3n) is 3.17. The highest BCUT2D eigenvalue weighted by molar-refractivity contribution is 5.34. The maximum Gasteiger partial charge on any atom is 0.245 e. The summed E-state index contributed by atoms with van der Waals surface area (Å²) in [4.78, 5) is 0. The van der Waals surface area contributed by atoms with E-state index in [0.29, 0.717) is 13.0 Å². The molecule has 1 unspecified atom stereocenters. The Kier molecular flexibility index (Phi) is 2.74. The van der Waals surface area contributed by atoms with Gasteiger partial charge in [0.05, 0.1) is 12.2 Å². The Morgan fingerprint density at radius 1 is 1.38 bits per heavy atom. The Morgan fingerprint density at radius 2 is 2.06 bits per heavy atom. The van der Waals surface area contributed by atoms with Gasteiger partial charge in [0.2, 0.25) is 5.92 Å². The molecule has 0 saturated carbocycles. The molecule has 0 saturated heterocycles. The van der Waals surface area contributed by atoms with Crippen molar-refractivity contribution in [2.24, 2.45) is 0 Å². The van der Waals surface area contributed by atoms with E-state index in [-0.39, 0.29) is 6.42 Å². The molecule has 3 heteroatoms. The first-order chi connectivity index (χ1) is 7.41. The monoisotopic (exact) mass is 226 g/mol. The second kappa shape index (κ2) is 3.81. The predicted octanol–water partition coefficient (Wildman–Crippen LogP) is 3.87. The number of ether oxygens (including phenoxy) is 1. The summed E-state index contributed by atoms with van der Waals surface area (Å²) < 4.78 is 31.4. The molecule has 0 spiro atoms. The van der Waals surface area contributed by atoms with E-state index in [2.05, 4.69) is 0 Å². The zero-order valence-electron chi connectivity index (χ0n) is 9.59. The van der Waals surface area contributed by atoms with Crippen LogP contribution in [0.5, 0.6) is 0 Å². The number of hydrogen-bond acceptors (Lipinski definition) is 1. The van der Waals surface area contributed by atoms with Crippen molar-refractivity contribution in [2.75, 3.05) is 0 Å². The molecule has 1 aliphatic rings. The summed E-state index contributed by atoms with van der Waals surface area (Å²) in [7, 11) is 0. The molecule has 1 aromatic carbocycles. The fraction of sp³-hybridized carbons (Fsp3) is 0.538. The molecule has 0 aliphatic carbocycles. The van der Waals surface area contributed by atoms with Crippen LogP contribution >= 0.6 is 0 Å².